The molecule has 1 nitrogen and oxygen atoms in total. The van der Waals surface area contributed by atoms with Crippen LogP contribution >= 0.6 is 12.4 Å². The molecule has 1 aliphatic rings. The van der Waals surface area contributed by atoms with Crippen LogP contribution in [0, 0.1) is 5.92 Å². The zero-order valence-electron chi connectivity index (χ0n) is 5.48. The number of nitrogens with one attached hydrogen (secondary N) is 1. The second kappa shape index (κ2) is 3.31. The van der Waals surface area contributed by atoms with Gasteiger partial charge in [0.1, 0.15) is 0 Å². The van der Waals surface area contributed by atoms with Crippen LogP contribution in [-0.2, 0) is 0 Å². The predicted octanol–water partition coefficient (Wildman–Crippen LogP) is 1.43. The molecule has 0 radical (unpaired) electrons. The van der Waals surface area contributed by atoms with Crippen molar-refractivity contribution in [3.05, 3.63) is 0 Å². The van der Waals surface area contributed by atoms with Crippen molar-refractivity contribution in [1.29, 1.82) is 0 Å². The SMILES string of the molecule is C[C@H]1CN[C@H](C)C1.Cl. The average Bonchev–Trinajstić information content (AvgIpc) is 1.87. The van der Waals surface area contributed by atoms with E-state index in [-0.39, 0.29) is 12.4 Å². The molecule has 1 saturated heterocycles. The fourth-order valence-electron chi connectivity index (χ4n) is 1.17. The van der Waals surface area contributed by atoms with Gasteiger partial charge in [-0.3, -0.25) is 0 Å². The van der Waals surface area contributed by atoms with Crippen molar-refractivity contribution in [3.63, 3.8) is 0 Å². The molecule has 0 aromatic heterocycles. The second-order valence-corrected chi connectivity index (χ2v) is 2.65. The highest BCUT2D eigenvalue weighted by Crippen LogP contribution is 2.10. The maximum Gasteiger partial charge on any atom is 0.00418 e. The molecule has 0 aliphatic carbocycles. The van der Waals surface area contributed by atoms with Crippen molar-refractivity contribution in [1.82, 2.24) is 5.32 Å². The minimum Gasteiger partial charge on any atom is -0.314 e. The number of hydrogen-bond acceptors (Lipinski definition) is 1. The van der Waals surface area contributed by atoms with Crippen molar-refractivity contribution in [3.8, 4) is 0 Å². The van der Waals surface area contributed by atoms with Crippen molar-refractivity contribution in [2.45, 2.75) is 26.3 Å². The van der Waals surface area contributed by atoms with Crippen molar-refractivity contribution >= 4 is 12.4 Å². The Balaban J connectivity index is 0.000000490. The van der Waals surface area contributed by atoms with Gasteiger partial charge in [0, 0.05) is 6.04 Å². The summed E-state index contributed by atoms with van der Waals surface area (Å²) in [6, 6.07) is 0.773. The van der Waals surface area contributed by atoms with Gasteiger partial charge in [-0.25, -0.2) is 0 Å². The molecule has 0 bridgehead atoms. The highest BCUT2D eigenvalue weighted by molar-refractivity contribution is 5.85. The fourth-order valence-corrected chi connectivity index (χ4v) is 1.17. The normalized spacial score (nSPS) is 36.8. The maximum absolute atomic E-state index is 3.37. The summed E-state index contributed by atoms with van der Waals surface area (Å²) >= 11 is 0. The Kier molecular flexibility index (Phi) is 3.41. The Hall–Kier alpha value is 0.250. The van der Waals surface area contributed by atoms with Crippen LogP contribution in [0.4, 0.5) is 0 Å². The van der Waals surface area contributed by atoms with E-state index >= 15 is 0 Å². The summed E-state index contributed by atoms with van der Waals surface area (Å²) in [6.07, 6.45) is 1.36. The highest BCUT2D eigenvalue weighted by Gasteiger charge is 2.14. The zero-order valence-corrected chi connectivity index (χ0v) is 6.29. The van der Waals surface area contributed by atoms with Gasteiger partial charge in [0.25, 0.3) is 0 Å². The average molecular weight is 136 g/mol. The van der Waals surface area contributed by atoms with Gasteiger partial charge in [0.05, 0.1) is 0 Å². The number of hydrogen-bond donors (Lipinski definition) is 1. The van der Waals surface area contributed by atoms with E-state index in [1.807, 2.05) is 0 Å². The molecular formula is C6H14ClN. The smallest absolute Gasteiger partial charge is 0.00418 e. The molecule has 0 aromatic rings. The summed E-state index contributed by atoms with van der Waals surface area (Å²) in [7, 11) is 0. The quantitative estimate of drug-likeness (QED) is 0.530. The van der Waals surface area contributed by atoms with E-state index in [1.54, 1.807) is 0 Å². The molecule has 50 valence electrons. The third-order valence-electron chi connectivity index (χ3n) is 1.57. The van der Waals surface area contributed by atoms with Crippen LogP contribution in [0.15, 0.2) is 0 Å². The van der Waals surface area contributed by atoms with Gasteiger partial charge in [-0.15, -0.1) is 12.4 Å². The Morgan fingerprint density at radius 3 is 2.12 bits per heavy atom. The first kappa shape index (κ1) is 8.25. The van der Waals surface area contributed by atoms with Crippen LogP contribution in [0.1, 0.15) is 20.3 Å². The molecule has 1 rings (SSSR count). The van der Waals surface area contributed by atoms with Crippen LogP contribution in [0.3, 0.4) is 0 Å². The van der Waals surface area contributed by atoms with E-state index in [0.29, 0.717) is 0 Å². The van der Waals surface area contributed by atoms with E-state index in [4.69, 9.17) is 0 Å². The van der Waals surface area contributed by atoms with Gasteiger partial charge in [0.2, 0.25) is 0 Å². The fraction of sp³-hybridized carbons (Fsp3) is 1.00. The summed E-state index contributed by atoms with van der Waals surface area (Å²) in [6.45, 7) is 5.75. The lowest BCUT2D eigenvalue weighted by molar-refractivity contribution is 0.622. The molecule has 8 heavy (non-hydrogen) atoms. The Morgan fingerprint density at radius 2 is 2.00 bits per heavy atom. The third-order valence-corrected chi connectivity index (χ3v) is 1.57. The largest absolute Gasteiger partial charge is 0.314 e. The Labute approximate surface area is 57.3 Å². The van der Waals surface area contributed by atoms with Crippen molar-refractivity contribution in [2.24, 2.45) is 5.92 Å². The molecule has 0 unspecified atom stereocenters. The summed E-state index contributed by atoms with van der Waals surface area (Å²) < 4.78 is 0. The molecule has 1 N–H and O–H groups in total. The van der Waals surface area contributed by atoms with Gasteiger partial charge in [-0.05, 0) is 25.8 Å². The third kappa shape index (κ3) is 2.01. The number of halogens is 1. The summed E-state index contributed by atoms with van der Waals surface area (Å²) in [5.74, 6) is 0.912. The standard InChI is InChI=1S/C6H13N.ClH/c1-5-3-6(2)7-4-5;/h5-7H,3-4H2,1-2H3;1H/t5-,6-;/m1./s1. The summed E-state index contributed by atoms with van der Waals surface area (Å²) in [5.41, 5.74) is 0. The lowest BCUT2D eigenvalue weighted by atomic mass is 10.1. The lowest BCUT2D eigenvalue weighted by Crippen LogP contribution is -2.16. The van der Waals surface area contributed by atoms with Gasteiger partial charge in [-0.2, -0.15) is 0 Å². The molecular weight excluding hydrogens is 122 g/mol. The first-order chi connectivity index (χ1) is 3.29. The minimum atomic E-state index is 0. The first-order valence-corrected chi connectivity index (χ1v) is 3.02. The molecule has 2 atom stereocenters. The van der Waals surface area contributed by atoms with Crippen molar-refractivity contribution < 1.29 is 0 Å². The van der Waals surface area contributed by atoms with Crippen LogP contribution in [-0.4, -0.2) is 12.6 Å². The number of rotatable bonds is 0. The van der Waals surface area contributed by atoms with E-state index < -0.39 is 0 Å². The molecule has 0 amide bonds. The highest BCUT2D eigenvalue weighted by atomic mass is 35.5. The van der Waals surface area contributed by atoms with Crippen LogP contribution in [0.5, 0.6) is 0 Å². The van der Waals surface area contributed by atoms with Crippen LogP contribution < -0.4 is 5.32 Å². The molecule has 2 heteroatoms. The Bertz CT molecular complexity index is 57.5. The van der Waals surface area contributed by atoms with E-state index in [9.17, 15) is 0 Å². The topological polar surface area (TPSA) is 12.0 Å². The minimum absolute atomic E-state index is 0. The molecule has 1 fully saturated rings. The maximum atomic E-state index is 3.37. The zero-order chi connectivity index (χ0) is 5.28. The Morgan fingerprint density at radius 1 is 1.38 bits per heavy atom. The molecule has 1 heterocycles. The summed E-state index contributed by atoms with van der Waals surface area (Å²) in [4.78, 5) is 0. The van der Waals surface area contributed by atoms with E-state index in [0.717, 1.165) is 12.0 Å². The van der Waals surface area contributed by atoms with Crippen LogP contribution in [0.25, 0.3) is 0 Å². The van der Waals surface area contributed by atoms with Gasteiger partial charge in [0.15, 0.2) is 0 Å². The van der Waals surface area contributed by atoms with Crippen LogP contribution in [0.2, 0.25) is 0 Å². The monoisotopic (exact) mass is 135 g/mol. The molecule has 0 saturated carbocycles. The van der Waals surface area contributed by atoms with Crippen molar-refractivity contribution in [2.75, 3.05) is 6.54 Å². The second-order valence-electron chi connectivity index (χ2n) is 2.65. The van der Waals surface area contributed by atoms with E-state index in [1.165, 1.54) is 13.0 Å². The van der Waals surface area contributed by atoms with E-state index in [2.05, 4.69) is 19.2 Å². The summed E-state index contributed by atoms with van der Waals surface area (Å²) in [5, 5.41) is 3.37. The first-order valence-electron chi connectivity index (χ1n) is 3.02. The van der Waals surface area contributed by atoms with Gasteiger partial charge < -0.3 is 5.32 Å². The molecule has 0 aromatic carbocycles. The van der Waals surface area contributed by atoms with Gasteiger partial charge >= 0.3 is 0 Å². The molecule has 0 spiro atoms. The predicted molar refractivity (Wildman–Crippen MR) is 38.5 cm³/mol. The lowest BCUT2D eigenvalue weighted by Gasteiger charge is -1.96. The molecule has 1 aliphatic heterocycles. The van der Waals surface area contributed by atoms with Gasteiger partial charge in [-0.1, -0.05) is 6.92 Å².